The van der Waals surface area contributed by atoms with Crippen LogP contribution in [0, 0.1) is 0 Å². The monoisotopic (exact) mass is 673 g/mol. The summed E-state index contributed by atoms with van der Waals surface area (Å²) < 4.78 is 31.1. The summed E-state index contributed by atoms with van der Waals surface area (Å²) in [6, 6.07) is 41.7. The number of hydrogen-bond acceptors (Lipinski definition) is 7. The second-order valence-corrected chi connectivity index (χ2v) is 11.7. The maximum atomic E-state index is 15.5. The second kappa shape index (κ2) is 15.5. The zero-order chi connectivity index (χ0) is 34.9. The number of methoxy groups -OCH3 is 1. The molecule has 0 bridgehead atoms. The minimum absolute atomic E-state index is 0.0228. The molecule has 50 heavy (non-hydrogen) atoms. The van der Waals surface area contributed by atoms with Crippen LogP contribution in [0.25, 0.3) is 0 Å². The van der Waals surface area contributed by atoms with Crippen molar-refractivity contribution in [3.05, 3.63) is 156 Å². The normalized spacial score (nSPS) is 14.3. The summed E-state index contributed by atoms with van der Waals surface area (Å²) in [6.07, 6.45) is 0. The number of halogens is 1. The number of alkyl halides is 1. The van der Waals surface area contributed by atoms with Gasteiger partial charge in [0.2, 0.25) is 0 Å². The van der Waals surface area contributed by atoms with E-state index in [-0.39, 0.29) is 23.4 Å². The van der Waals surface area contributed by atoms with Crippen molar-refractivity contribution in [2.24, 2.45) is 0 Å². The summed E-state index contributed by atoms with van der Waals surface area (Å²) in [5.74, 6) is -5.39. The fraction of sp³-hybridized carbons (Fsp3) is 0.175. The van der Waals surface area contributed by atoms with Gasteiger partial charge in [0.1, 0.15) is 17.2 Å². The van der Waals surface area contributed by atoms with E-state index < -0.39 is 17.7 Å². The number of amides is 2. The number of ether oxygens (including phenoxy) is 3. The molecule has 1 saturated heterocycles. The smallest absolute Gasteiger partial charge is 0.425 e. The van der Waals surface area contributed by atoms with Crippen LogP contribution >= 0.6 is 0 Å². The van der Waals surface area contributed by atoms with Gasteiger partial charge >= 0.3 is 17.7 Å². The Bertz CT molecular complexity index is 1850. The zero-order valence-electron chi connectivity index (χ0n) is 27.4. The van der Waals surface area contributed by atoms with Crippen molar-refractivity contribution >= 4 is 23.5 Å². The molecule has 0 aliphatic carbocycles. The van der Waals surface area contributed by atoms with Gasteiger partial charge in [0.25, 0.3) is 5.91 Å². The second-order valence-electron chi connectivity index (χ2n) is 11.7. The highest BCUT2D eigenvalue weighted by Gasteiger charge is 2.51. The molecule has 1 unspecified atom stereocenters. The molecule has 1 N–H and O–H groups in total. The first-order valence-electron chi connectivity index (χ1n) is 16.2. The fourth-order valence-corrected chi connectivity index (χ4v) is 5.83. The molecule has 1 heterocycles. The lowest BCUT2D eigenvalue weighted by molar-refractivity contribution is -0.181. The Balaban J connectivity index is 1.04. The van der Waals surface area contributed by atoms with Crippen molar-refractivity contribution in [2.45, 2.75) is 11.9 Å². The molecule has 254 valence electrons. The quantitative estimate of drug-likeness (QED) is 0.121. The van der Waals surface area contributed by atoms with Crippen molar-refractivity contribution < 1.29 is 33.0 Å². The first kappa shape index (κ1) is 33.9. The molecule has 0 radical (unpaired) electrons. The number of hydrogen-bond donors (Lipinski definition) is 1. The molecule has 6 rings (SSSR count). The molecule has 1 aliphatic heterocycles. The SMILES string of the molecule is COC(=O)C(F)(Oc1ccccc1)C(=O)Nc1ccc(Oc2ccc(C(=O)N3CCN(C(c4ccccc4)c4ccccc4)CC3)cc2)cc1. The Labute approximate surface area is 289 Å². The highest BCUT2D eigenvalue weighted by Crippen LogP contribution is 2.30. The van der Waals surface area contributed by atoms with Gasteiger partial charge in [0, 0.05) is 37.4 Å². The highest BCUT2D eigenvalue weighted by atomic mass is 19.2. The summed E-state index contributed by atoms with van der Waals surface area (Å²) >= 11 is 0. The number of esters is 1. The van der Waals surface area contributed by atoms with E-state index in [2.05, 4.69) is 63.5 Å². The third kappa shape index (κ3) is 7.82. The lowest BCUT2D eigenvalue weighted by atomic mass is 9.96. The Kier molecular flexibility index (Phi) is 10.5. The van der Waals surface area contributed by atoms with Crippen LogP contribution in [-0.2, 0) is 14.3 Å². The van der Waals surface area contributed by atoms with E-state index in [4.69, 9.17) is 9.47 Å². The van der Waals surface area contributed by atoms with Crippen LogP contribution in [0.5, 0.6) is 17.2 Å². The van der Waals surface area contributed by atoms with Gasteiger partial charge < -0.3 is 24.4 Å². The number of carbonyl (C=O) groups is 3. The van der Waals surface area contributed by atoms with Gasteiger partial charge in [-0.1, -0.05) is 78.9 Å². The molecule has 10 heteroatoms. The van der Waals surface area contributed by atoms with E-state index in [1.54, 1.807) is 54.6 Å². The van der Waals surface area contributed by atoms with E-state index >= 15 is 4.39 Å². The Morgan fingerprint density at radius 3 is 1.68 bits per heavy atom. The van der Waals surface area contributed by atoms with Crippen molar-refractivity contribution in [1.82, 2.24) is 9.80 Å². The third-order valence-electron chi connectivity index (χ3n) is 8.39. The van der Waals surface area contributed by atoms with Crippen LogP contribution in [0.1, 0.15) is 27.5 Å². The van der Waals surface area contributed by atoms with Crippen LogP contribution in [-0.4, -0.2) is 66.7 Å². The average molecular weight is 674 g/mol. The predicted molar refractivity (Wildman–Crippen MR) is 187 cm³/mol. The number of carbonyl (C=O) groups excluding carboxylic acids is 3. The number of benzene rings is 5. The van der Waals surface area contributed by atoms with Gasteiger partial charge in [-0.15, -0.1) is 0 Å². The molecule has 0 saturated carbocycles. The molecule has 5 aromatic rings. The molecular formula is C40H36FN3O6. The first-order valence-corrected chi connectivity index (χ1v) is 16.2. The summed E-state index contributed by atoms with van der Waals surface area (Å²) in [4.78, 5) is 42.7. The van der Waals surface area contributed by atoms with Gasteiger partial charge in [-0.25, -0.2) is 4.79 Å². The zero-order valence-corrected chi connectivity index (χ0v) is 27.4. The van der Waals surface area contributed by atoms with Gasteiger partial charge in [-0.05, 0) is 71.8 Å². The average Bonchev–Trinajstić information content (AvgIpc) is 3.17. The van der Waals surface area contributed by atoms with E-state index in [1.807, 2.05) is 17.0 Å². The van der Waals surface area contributed by atoms with Crippen LogP contribution in [0.15, 0.2) is 140 Å². The number of rotatable bonds is 11. The molecule has 2 amide bonds. The summed E-state index contributed by atoms with van der Waals surface area (Å²) in [5, 5.41) is 2.34. The standard InChI is InChI=1S/C40H36FN3O6/c1-48-39(47)40(41,50-35-15-9-4-10-16-35)38(46)42-32-19-23-34(24-20-32)49-33-21-17-31(18-22-33)37(45)44-27-25-43(26-28-44)36(29-11-5-2-6-12-29)30-13-7-3-8-14-30/h2-24,36H,25-28H2,1H3,(H,42,46). The lowest BCUT2D eigenvalue weighted by Gasteiger charge is -2.39. The van der Waals surface area contributed by atoms with Gasteiger partial charge in [0.05, 0.1) is 13.2 Å². The van der Waals surface area contributed by atoms with Crippen LogP contribution in [0.2, 0.25) is 0 Å². The van der Waals surface area contributed by atoms with Crippen molar-refractivity contribution in [2.75, 3.05) is 38.6 Å². The molecule has 0 spiro atoms. The van der Waals surface area contributed by atoms with Crippen molar-refractivity contribution in [3.8, 4) is 17.2 Å². The van der Waals surface area contributed by atoms with Gasteiger partial charge in [0.15, 0.2) is 0 Å². The maximum Gasteiger partial charge on any atom is 0.425 e. The first-order chi connectivity index (χ1) is 24.3. The molecule has 1 atom stereocenters. The minimum Gasteiger partial charge on any atom is -0.463 e. The van der Waals surface area contributed by atoms with E-state index in [0.29, 0.717) is 30.2 Å². The van der Waals surface area contributed by atoms with Gasteiger partial charge in [-0.3, -0.25) is 14.5 Å². The topological polar surface area (TPSA) is 97.4 Å². The van der Waals surface area contributed by atoms with Crippen molar-refractivity contribution in [1.29, 1.82) is 0 Å². The minimum atomic E-state index is -3.41. The molecule has 1 fully saturated rings. The summed E-state index contributed by atoms with van der Waals surface area (Å²) in [7, 11) is 0.961. The number of nitrogens with zero attached hydrogens (tertiary/aromatic N) is 2. The van der Waals surface area contributed by atoms with Crippen LogP contribution in [0.3, 0.4) is 0 Å². The Morgan fingerprint density at radius 2 is 1.16 bits per heavy atom. The number of anilines is 1. The van der Waals surface area contributed by atoms with E-state index in [0.717, 1.165) is 20.2 Å². The number of para-hydroxylation sites is 1. The Morgan fingerprint density at radius 1 is 0.660 bits per heavy atom. The molecule has 5 aromatic carbocycles. The Hall–Kier alpha value is -6.00. The van der Waals surface area contributed by atoms with E-state index in [1.165, 1.54) is 35.4 Å². The third-order valence-corrected chi connectivity index (χ3v) is 8.39. The van der Waals surface area contributed by atoms with Crippen molar-refractivity contribution in [3.63, 3.8) is 0 Å². The van der Waals surface area contributed by atoms with Crippen LogP contribution in [0.4, 0.5) is 10.1 Å². The summed E-state index contributed by atoms with van der Waals surface area (Å²) in [6.45, 7) is 2.70. The lowest BCUT2D eigenvalue weighted by Crippen LogP contribution is -2.51. The van der Waals surface area contributed by atoms with E-state index in [9.17, 15) is 14.4 Å². The largest absolute Gasteiger partial charge is 0.463 e. The summed E-state index contributed by atoms with van der Waals surface area (Å²) in [5.41, 5.74) is 3.21. The molecule has 0 aromatic heterocycles. The number of nitrogens with one attached hydrogen (secondary N) is 1. The van der Waals surface area contributed by atoms with Crippen LogP contribution < -0.4 is 14.8 Å². The molecule has 1 aliphatic rings. The molecule has 9 nitrogen and oxygen atoms in total. The fourth-order valence-electron chi connectivity index (χ4n) is 5.83. The number of piperazine rings is 1. The highest BCUT2D eigenvalue weighted by molar-refractivity contribution is 6.10. The maximum absolute atomic E-state index is 15.5. The predicted octanol–water partition coefficient (Wildman–Crippen LogP) is 6.88. The molecular weight excluding hydrogens is 637 g/mol. The van der Waals surface area contributed by atoms with Gasteiger partial charge in [-0.2, -0.15) is 4.39 Å².